The molecular formula is C44H28O. The molecule has 9 aromatic rings. The topological polar surface area (TPSA) is 13.1 Å². The highest BCUT2D eigenvalue weighted by molar-refractivity contribution is 6.23. The summed E-state index contributed by atoms with van der Waals surface area (Å²) in [6.07, 6.45) is 0. The third kappa shape index (κ3) is 4.09. The fraction of sp³-hybridized carbons (Fsp3) is 0. The van der Waals surface area contributed by atoms with Crippen molar-refractivity contribution in [2.75, 3.05) is 0 Å². The molecule has 1 heterocycles. The first-order chi connectivity index (χ1) is 26.9. The molecule has 210 valence electrons. The van der Waals surface area contributed by atoms with Crippen LogP contribution in [0.4, 0.5) is 0 Å². The van der Waals surface area contributed by atoms with E-state index in [0.29, 0.717) is 49.4 Å². The molecule has 1 aromatic heterocycles. The van der Waals surface area contributed by atoms with Crippen LogP contribution >= 0.6 is 0 Å². The molecule has 0 spiro atoms. The first-order valence-electron chi connectivity index (χ1n) is 20.1. The number of para-hydroxylation sites is 1. The molecule has 8 aromatic carbocycles. The fourth-order valence-corrected chi connectivity index (χ4v) is 6.34. The van der Waals surface area contributed by atoms with E-state index < -0.39 is 18.1 Å². The first-order valence-corrected chi connectivity index (χ1v) is 14.6. The molecule has 0 aliphatic heterocycles. The zero-order chi connectivity index (χ0) is 39.3. The van der Waals surface area contributed by atoms with Crippen LogP contribution < -0.4 is 0 Å². The van der Waals surface area contributed by atoms with Crippen molar-refractivity contribution in [3.63, 3.8) is 0 Å². The van der Waals surface area contributed by atoms with E-state index in [1.165, 1.54) is 0 Å². The van der Waals surface area contributed by atoms with Crippen LogP contribution in [0.5, 0.6) is 0 Å². The predicted molar refractivity (Wildman–Crippen MR) is 190 cm³/mol. The van der Waals surface area contributed by atoms with Crippen molar-refractivity contribution >= 4 is 43.5 Å². The maximum absolute atomic E-state index is 9.67. The zero-order valence-electron chi connectivity index (χ0n) is 34.7. The van der Waals surface area contributed by atoms with E-state index in [0.717, 1.165) is 0 Å². The van der Waals surface area contributed by atoms with Gasteiger partial charge in [0.25, 0.3) is 0 Å². The Morgan fingerprint density at radius 3 is 1.71 bits per heavy atom. The summed E-state index contributed by atoms with van der Waals surface area (Å²) in [7, 11) is 0. The Balaban J connectivity index is 1.41. The van der Waals surface area contributed by atoms with Gasteiger partial charge < -0.3 is 4.42 Å². The summed E-state index contributed by atoms with van der Waals surface area (Å²) < 4.78 is 104. The van der Waals surface area contributed by atoms with Gasteiger partial charge in [-0.1, -0.05) is 158 Å². The molecule has 0 fully saturated rings. The van der Waals surface area contributed by atoms with Crippen LogP contribution in [0.2, 0.25) is 0 Å². The van der Waals surface area contributed by atoms with Gasteiger partial charge >= 0.3 is 0 Å². The molecule has 0 unspecified atom stereocenters. The fourth-order valence-electron chi connectivity index (χ4n) is 6.34. The number of benzene rings is 8. The van der Waals surface area contributed by atoms with Crippen LogP contribution in [0.25, 0.3) is 88.0 Å². The molecule has 0 aliphatic carbocycles. The third-order valence-electron chi connectivity index (χ3n) is 8.27. The summed E-state index contributed by atoms with van der Waals surface area (Å²) in [5.74, 6) is 0. The number of hydrogen-bond donors (Lipinski definition) is 0. The highest BCUT2D eigenvalue weighted by Crippen LogP contribution is 2.47. The Labute approximate surface area is 277 Å². The van der Waals surface area contributed by atoms with Crippen LogP contribution in [0.15, 0.2) is 174 Å². The summed E-state index contributed by atoms with van der Waals surface area (Å²) in [6, 6.07) is 27.4. The van der Waals surface area contributed by atoms with Crippen LogP contribution in [-0.2, 0) is 0 Å². The Bertz CT molecular complexity index is 3070. The Morgan fingerprint density at radius 2 is 1.00 bits per heavy atom. The lowest BCUT2D eigenvalue weighted by atomic mass is 9.84. The lowest BCUT2D eigenvalue weighted by Crippen LogP contribution is -1.92. The van der Waals surface area contributed by atoms with E-state index in [1.54, 1.807) is 36.4 Å². The first kappa shape index (κ1) is 16.8. The second-order valence-corrected chi connectivity index (χ2v) is 10.8. The van der Waals surface area contributed by atoms with Gasteiger partial charge in [0, 0.05) is 16.3 Å². The van der Waals surface area contributed by atoms with Crippen molar-refractivity contribution < 1.29 is 19.5 Å². The van der Waals surface area contributed by atoms with Crippen molar-refractivity contribution in [3.8, 4) is 44.5 Å². The molecule has 0 saturated heterocycles. The molecule has 0 N–H and O–H groups in total. The van der Waals surface area contributed by atoms with Gasteiger partial charge in [-0.3, -0.25) is 0 Å². The molecule has 45 heavy (non-hydrogen) atoms. The minimum absolute atomic E-state index is 0.0320. The van der Waals surface area contributed by atoms with E-state index in [9.17, 15) is 4.11 Å². The normalized spacial score (nSPS) is 15.0. The van der Waals surface area contributed by atoms with Gasteiger partial charge in [0.15, 0.2) is 0 Å². The van der Waals surface area contributed by atoms with Gasteiger partial charge in [-0.2, -0.15) is 0 Å². The van der Waals surface area contributed by atoms with E-state index in [1.807, 2.05) is 66.7 Å². The molecule has 0 atom stereocenters. The largest absolute Gasteiger partial charge is 0.455 e. The highest BCUT2D eigenvalue weighted by atomic mass is 16.3. The number of hydrogen-bond acceptors (Lipinski definition) is 1. The van der Waals surface area contributed by atoms with Crippen LogP contribution in [0.3, 0.4) is 0 Å². The third-order valence-corrected chi connectivity index (χ3v) is 8.27. The SMILES string of the molecule is [2H]c1c([2H])c([2H])c(-c2ccccc2-c2c3ccccc3c(-c3c([2H])c([2H])c4c(oc5c(-c6ccccc6)c([2H])c([2H])c([2H])c54)c3[2H])c3ccccc23)c([2H])c1[2H]. The van der Waals surface area contributed by atoms with Crippen molar-refractivity contribution in [2.24, 2.45) is 0 Å². The van der Waals surface area contributed by atoms with Gasteiger partial charge in [-0.15, -0.1) is 0 Å². The molecular weight excluding hydrogens is 544 g/mol. The van der Waals surface area contributed by atoms with Gasteiger partial charge in [0.05, 0.1) is 15.1 Å². The smallest absolute Gasteiger partial charge is 0.143 e. The summed E-state index contributed by atoms with van der Waals surface area (Å²) in [6.45, 7) is 0. The molecule has 0 aliphatic rings. The summed E-state index contributed by atoms with van der Waals surface area (Å²) in [5.41, 5.74) is 3.38. The summed E-state index contributed by atoms with van der Waals surface area (Å²) in [5, 5.41) is 2.85. The zero-order valence-corrected chi connectivity index (χ0v) is 23.7. The quantitative estimate of drug-likeness (QED) is 0.188. The number of fused-ring (bicyclic) bond motifs is 5. The highest BCUT2D eigenvalue weighted by Gasteiger charge is 2.20. The molecule has 0 amide bonds. The van der Waals surface area contributed by atoms with E-state index in [-0.39, 0.29) is 87.0 Å². The lowest BCUT2D eigenvalue weighted by molar-refractivity contribution is 0.670. The average Bonchev–Trinajstić information content (AvgIpc) is 3.62. The van der Waals surface area contributed by atoms with E-state index >= 15 is 0 Å². The lowest BCUT2D eigenvalue weighted by Gasteiger charge is -2.19. The van der Waals surface area contributed by atoms with Crippen LogP contribution in [0.1, 0.15) is 15.1 Å². The molecule has 0 saturated carbocycles. The summed E-state index contributed by atoms with van der Waals surface area (Å²) >= 11 is 0. The van der Waals surface area contributed by atoms with Crippen molar-refractivity contribution in [2.45, 2.75) is 0 Å². The molecule has 0 radical (unpaired) electrons. The maximum Gasteiger partial charge on any atom is 0.143 e. The Morgan fingerprint density at radius 1 is 0.378 bits per heavy atom. The van der Waals surface area contributed by atoms with Crippen molar-refractivity contribution in [1.82, 2.24) is 0 Å². The molecule has 1 nitrogen and oxygen atoms in total. The number of furan rings is 1. The molecule has 0 bridgehead atoms. The predicted octanol–water partition coefficient (Wildman–Crippen LogP) is 12.6. The second-order valence-electron chi connectivity index (χ2n) is 10.8. The van der Waals surface area contributed by atoms with E-state index in [4.69, 9.17) is 15.4 Å². The Kier molecular flexibility index (Phi) is 3.87. The van der Waals surface area contributed by atoms with Gasteiger partial charge in [0.2, 0.25) is 0 Å². The van der Waals surface area contributed by atoms with E-state index in [2.05, 4.69) is 0 Å². The van der Waals surface area contributed by atoms with Crippen molar-refractivity contribution in [3.05, 3.63) is 170 Å². The van der Waals surface area contributed by atoms with Crippen LogP contribution in [0, 0.1) is 0 Å². The van der Waals surface area contributed by atoms with Crippen LogP contribution in [-0.4, -0.2) is 0 Å². The Hall–Kier alpha value is -5.92. The minimum Gasteiger partial charge on any atom is -0.455 e. The summed E-state index contributed by atoms with van der Waals surface area (Å²) in [4.78, 5) is 0. The monoisotopic (exact) mass is 583 g/mol. The van der Waals surface area contributed by atoms with Gasteiger partial charge in [-0.25, -0.2) is 0 Å². The molecule has 1 heteroatoms. The van der Waals surface area contributed by atoms with Gasteiger partial charge in [-0.05, 0) is 72.6 Å². The number of rotatable bonds is 4. The van der Waals surface area contributed by atoms with Crippen molar-refractivity contribution in [1.29, 1.82) is 0 Å². The maximum atomic E-state index is 9.67. The minimum atomic E-state index is -0.482. The van der Waals surface area contributed by atoms with Gasteiger partial charge in [0.1, 0.15) is 11.2 Å². The average molecular weight is 584 g/mol. The second kappa shape index (κ2) is 10.4. The molecule has 9 rings (SSSR count). The standard InChI is InChI=1S/C44H28O/c1-3-14-29(15-4-1)32-18-7-8-19-35(32)43-38-22-11-9-20-36(38)42(37-21-10-12-23-39(37)43)31-26-27-34-40-25-13-24-33(30-16-5-2-6-17-30)44(40)45-41(34)28-31/h1-28H/i1D,3D,4D,13D,14D,15D,24D,25D,26D,27D,28D.